The molecule has 0 bridgehead atoms. The molecule has 0 fully saturated rings. The van der Waals surface area contributed by atoms with E-state index >= 15 is 0 Å². The van der Waals surface area contributed by atoms with Gasteiger partial charge in [0.2, 0.25) is 5.91 Å². The van der Waals surface area contributed by atoms with Crippen molar-refractivity contribution >= 4 is 33.3 Å². The number of nitrogens with one attached hydrogen (secondary N) is 1. The zero-order valence-electron chi connectivity index (χ0n) is 19.7. The van der Waals surface area contributed by atoms with Gasteiger partial charge in [-0.25, -0.2) is 13.2 Å². The first-order valence-electron chi connectivity index (χ1n) is 10.9. The molecule has 0 aromatic heterocycles. The summed E-state index contributed by atoms with van der Waals surface area (Å²) in [5.74, 6) is -0.967. The van der Waals surface area contributed by atoms with Crippen LogP contribution in [0.15, 0.2) is 71.6 Å². The number of carbonyl (C=O) groups is 2. The molecule has 0 atom stereocenters. The Balaban J connectivity index is 1.90. The van der Waals surface area contributed by atoms with Gasteiger partial charge >= 0.3 is 5.97 Å². The summed E-state index contributed by atoms with van der Waals surface area (Å²) in [6.07, 6.45) is 0. The average Bonchev–Trinajstić information content (AvgIpc) is 2.80. The normalized spacial score (nSPS) is 11.1. The molecular weight excluding hydrogens is 452 g/mol. The van der Waals surface area contributed by atoms with Crippen LogP contribution in [0.2, 0.25) is 0 Å². The predicted molar refractivity (Wildman–Crippen MR) is 133 cm³/mol. The molecule has 1 amide bonds. The molecule has 34 heavy (non-hydrogen) atoms. The number of benzene rings is 3. The summed E-state index contributed by atoms with van der Waals surface area (Å²) in [5, 5.41) is 2.71. The molecule has 0 aliphatic carbocycles. The summed E-state index contributed by atoms with van der Waals surface area (Å²) in [4.78, 5) is 24.9. The second-order valence-corrected chi connectivity index (χ2v) is 9.75. The van der Waals surface area contributed by atoms with Crippen LogP contribution in [0.3, 0.4) is 0 Å². The first-order valence-corrected chi connectivity index (χ1v) is 12.3. The maximum atomic E-state index is 13.6. The van der Waals surface area contributed by atoms with Gasteiger partial charge in [0, 0.05) is 5.69 Å². The Labute approximate surface area is 200 Å². The molecule has 0 spiro atoms. The number of anilines is 2. The highest BCUT2D eigenvalue weighted by Gasteiger charge is 2.28. The number of esters is 1. The van der Waals surface area contributed by atoms with Crippen LogP contribution in [-0.4, -0.2) is 33.4 Å². The summed E-state index contributed by atoms with van der Waals surface area (Å²) in [6.45, 7) is 7.16. The van der Waals surface area contributed by atoms with Crippen LogP contribution in [0.1, 0.15) is 34.0 Å². The lowest BCUT2D eigenvalue weighted by Gasteiger charge is -2.26. The van der Waals surface area contributed by atoms with Crippen molar-refractivity contribution in [2.45, 2.75) is 32.6 Å². The van der Waals surface area contributed by atoms with Crippen LogP contribution in [0.4, 0.5) is 11.4 Å². The lowest BCUT2D eigenvalue weighted by molar-refractivity contribution is -0.114. The van der Waals surface area contributed by atoms with E-state index in [0.717, 1.165) is 21.0 Å². The highest BCUT2D eigenvalue weighted by molar-refractivity contribution is 7.92. The second-order valence-electron chi connectivity index (χ2n) is 7.89. The molecule has 0 saturated carbocycles. The van der Waals surface area contributed by atoms with Gasteiger partial charge in [-0.05, 0) is 81.3 Å². The molecule has 0 heterocycles. The molecule has 8 heteroatoms. The minimum atomic E-state index is -4.01. The summed E-state index contributed by atoms with van der Waals surface area (Å²) < 4.78 is 33.2. The summed E-state index contributed by atoms with van der Waals surface area (Å²) in [6, 6.07) is 18.1. The number of ether oxygens (including phenoxy) is 1. The fourth-order valence-electron chi connectivity index (χ4n) is 3.38. The Morgan fingerprint density at radius 1 is 0.912 bits per heavy atom. The van der Waals surface area contributed by atoms with E-state index < -0.39 is 28.4 Å². The van der Waals surface area contributed by atoms with E-state index in [1.807, 2.05) is 26.8 Å². The van der Waals surface area contributed by atoms with Crippen LogP contribution in [0.5, 0.6) is 0 Å². The number of sulfonamides is 1. The van der Waals surface area contributed by atoms with Crippen molar-refractivity contribution in [3.63, 3.8) is 0 Å². The third-order valence-corrected chi connectivity index (χ3v) is 7.19. The van der Waals surface area contributed by atoms with E-state index in [9.17, 15) is 18.0 Å². The smallest absolute Gasteiger partial charge is 0.338 e. The molecule has 0 saturated heterocycles. The lowest BCUT2D eigenvalue weighted by atomic mass is 10.1. The van der Waals surface area contributed by atoms with Crippen molar-refractivity contribution in [1.82, 2.24) is 0 Å². The molecule has 0 aliphatic rings. The number of nitrogens with zero attached hydrogens (tertiary/aromatic N) is 1. The quantitative estimate of drug-likeness (QED) is 0.475. The van der Waals surface area contributed by atoms with E-state index in [1.165, 1.54) is 12.1 Å². The Morgan fingerprint density at radius 3 is 2.18 bits per heavy atom. The van der Waals surface area contributed by atoms with Gasteiger partial charge in [-0.1, -0.05) is 29.8 Å². The Morgan fingerprint density at radius 2 is 1.56 bits per heavy atom. The number of aryl methyl sites for hydroxylation is 2. The number of hydrogen-bond acceptors (Lipinski definition) is 5. The molecule has 3 aromatic carbocycles. The van der Waals surface area contributed by atoms with E-state index in [0.29, 0.717) is 16.9 Å². The van der Waals surface area contributed by atoms with Crippen LogP contribution >= 0.6 is 0 Å². The number of carbonyl (C=O) groups excluding carboxylic acids is 2. The van der Waals surface area contributed by atoms with Crippen molar-refractivity contribution in [3.8, 4) is 0 Å². The fourth-order valence-corrected chi connectivity index (χ4v) is 4.86. The van der Waals surface area contributed by atoms with Crippen molar-refractivity contribution in [2.75, 3.05) is 22.8 Å². The van der Waals surface area contributed by atoms with Crippen molar-refractivity contribution < 1.29 is 22.7 Å². The summed E-state index contributed by atoms with van der Waals surface area (Å²) in [5.41, 5.74) is 3.85. The zero-order valence-corrected chi connectivity index (χ0v) is 20.5. The largest absolute Gasteiger partial charge is 0.462 e. The van der Waals surface area contributed by atoms with E-state index in [-0.39, 0.29) is 11.5 Å². The zero-order chi connectivity index (χ0) is 24.9. The molecular formula is C26H28N2O5S. The molecule has 1 N–H and O–H groups in total. The number of hydrogen-bond donors (Lipinski definition) is 1. The minimum Gasteiger partial charge on any atom is -0.462 e. The van der Waals surface area contributed by atoms with Gasteiger partial charge < -0.3 is 10.1 Å². The molecule has 7 nitrogen and oxygen atoms in total. The molecule has 3 rings (SSSR count). The van der Waals surface area contributed by atoms with Gasteiger partial charge in [0.1, 0.15) is 6.54 Å². The van der Waals surface area contributed by atoms with Crippen molar-refractivity contribution in [2.24, 2.45) is 0 Å². The fraction of sp³-hybridized carbons (Fsp3) is 0.231. The first-order chi connectivity index (χ1) is 16.1. The highest BCUT2D eigenvalue weighted by Crippen LogP contribution is 2.29. The number of rotatable bonds is 8. The Kier molecular flexibility index (Phi) is 7.73. The van der Waals surface area contributed by atoms with Gasteiger partial charge in [-0.3, -0.25) is 9.10 Å². The van der Waals surface area contributed by atoms with E-state index in [4.69, 9.17) is 4.74 Å². The first kappa shape index (κ1) is 25.0. The SMILES string of the molecule is CCOC(=O)c1ccc(NC(=O)CN(c2cccc(C)c2C)S(=O)(=O)c2ccc(C)cc2)cc1. The third kappa shape index (κ3) is 5.63. The maximum absolute atomic E-state index is 13.6. The van der Waals surface area contributed by atoms with E-state index in [2.05, 4.69) is 5.32 Å². The molecule has 0 radical (unpaired) electrons. The van der Waals surface area contributed by atoms with Crippen LogP contribution in [0, 0.1) is 20.8 Å². The average molecular weight is 481 g/mol. The Bertz CT molecular complexity index is 1280. The van der Waals surface area contributed by atoms with Crippen molar-refractivity contribution in [3.05, 3.63) is 89.0 Å². The van der Waals surface area contributed by atoms with Gasteiger partial charge in [0.05, 0.1) is 22.8 Å². The molecule has 3 aromatic rings. The summed E-state index contributed by atoms with van der Waals surface area (Å²) in [7, 11) is -4.01. The Hall–Kier alpha value is -3.65. The minimum absolute atomic E-state index is 0.102. The monoisotopic (exact) mass is 480 g/mol. The van der Waals surface area contributed by atoms with Crippen LogP contribution < -0.4 is 9.62 Å². The standard InChI is InChI=1S/C26H28N2O5S/c1-5-33-26(30)21-11-13-22(14-12-21)27-25(29)17-28(24-8-6-7-19(3)20(24)4)34(31,32)23-15-9-18(2)10-16-23/h6-16H,5,17H2,1-4H3,(H,27,29). The van der Waals surface area contributed by atoms with Gasteiger partial charge in [0.15, 0.2) is 0 Å². The number of amides is 1. The van der Waals surface area contributed by atoms with Gasteiger partial charge in [-0.2, -0.15) is 0 Å². The molecule has 0 aliphatic heterocycles. The molecule has 0 unspecified atom stereocenters. The predicted octanol–water partition coefficient (Wildman–Crippen LogP) is 4.62. The topological polar surface area (TPSA) is 92.8 Å². The lowest BCUT2D eigenvalue weighted by Crippen LogP contribution is -2.38. The highest BCUT2D eigenvalue weighted by atomic mass is 32.2. The van der Waals surface area contributed by atoms with Crippen LogP contribution in [0.25, 0.3) is 0 Å². The van der Waals surface area contributed by atoms with E-state index in [1.54, 1.807) is 55.5 Å². The van der Waals surface area contributed by atoms with Crippen molar-refractivity contribution in [1.29, 1.82) is 0 Å². The maximum Gasteiger partial charge on any atom is 0.338 e. The van der Waals surface area contributed by atoms with Crippen LogP contribution in [-0.2, 0) is 19.6 Å². The summed E-state index contributed by atoms with van der Waals surface area (Å²) >= 11 is 0. The van der Waals surface area contributed by atoms with Gasteiger partial charge in [-0.15, -0.1) is 0 Å². The third-order valence-electron chi connectivity index (χ3n) is 5.42. The second kappa shape index (κ2) is 10.5. The van der Waals surface area contributed by atoms with Gasteiger partial charge in [0.25, 0.3) is 10.0 Å². The molecule has 178 valence electrons.